The number of aliphatic hydroxyl groups is 1. The van der Waals surface area contributed by atoms with Gasteiger partial charge in [0.25, 0.3) is 0 Å². The van der Waals surface area contributed by atoms with Crippen LogP contribution in [0.1, 0.15) is 35.4 Å². The predicted octanol–water partition coefficient (Wildman–Crippen LogP) is 4.04. The molecule has 0 bridgehead atoms. The SMILES string of the molecule is Cc1cc(C)cc(CSc2ccc(C(C)O)nc2)c1. The first kappa shape index (κ1) is 14.1. The summed E-state index contributed by atoms with van der Waals surface area (Å²) in [6.07, 6.45) is 1.33. The Hall–Kier alpha value is -1.32. The molecule has 1 atom stereocenters. The Balaban J connectivity index is 2.02. The van der Waals surface area contributed by atoms with Crippen LogP contribution in [0.15, 0.2) is 41.4 Å². The van der Waals surface area contributed by atoms with Crippen LogP contribution in [-0.4, -0.2) is 10.1 Å². The molecule has 1 aromatic heterocycles. The number of pyridine rings is 1. The molecular weight excluding hydrogens is 254 g/mol. The van der Waals surface area contributed by atoms with E-state index in [4.69, 9.17) is 0 Å². The highest BCUT2D eigenvalue weighted by Gasteiger charge is 2.03. The fourth-order valence-corrected chi connectivity index (χ4v) is 2.83. The normalized spacial score (nSPS) is 12.4. The lowest BCUT2D eigenvalue weighted by Crippen LogP contribution is -1.94. The second kappa shape index (κ2) is 6.22. The van der Waals surface area contributed by atoms with E-state index in [-0.39, 0.29) is 0 Å². The maximum Gasteiger partial charge on any atom is 0.0931 e. The van der Waals surface area contributed by atoms with Crippen LogP contribution < -0.4 is 0 Å². The van der Waals surface area contributed by atoms with E-state index < -0.39 is 6.10 Å². The van der Waals surface area contributed by atoms with Crippen molar-refractivity contribution in [1.82, 2.24) is 4.98 Å². The molecule has 0 saturated heterocycles. The van der Waals surface area contributed by atoms with E-state index in [1.165, 1.54) is 16.7 Å². The van der Waals surface area contributed by atoms with E-state index in [1.807, 2.05) is 18.3 Å². The largest absolute Gasteiger partial charge is 0.387 e. The minimum absolute atomic E-state index is 0.501. The lowest BCUT2D eigenvalue weighted by Gasteiger charge is -2.07. The zero-order chi connectivity index (χ0) is 13.8. The van der Waals surface area contributed by atoms with E-state index in [1.54, 1.807) is 18.7 Å². The second-order valence-corrected chi connectivity index (χ2v) is 5.93. The van der Waals surface area contributed by atoms with Crippen LogP contribution in [0, 0.1) is 13.8 Å². The van der Waals surface area contributed by atoms with Crippen LogP contribution in [0.5, 0.6) is 0 Å². The maximum atomic E-state index is 9.41. The molecule has 0 amide bonds. The van der Waals surface area contributed by atoms with Gasteiger partial charge >= 0.3 is 0 Å². The molecule has 2 aromatic rings. The van der Waals surface area contributed by atoms with Crippen LogP contribution in [0.2, 0.25) is 0 Å². The zero-order valence-corrected chi connectivity index (χ0v) is 12.4. The van der Waals surface area contributed by atoms with Crippen LogP contribution in [0.3, 0.4) is 0 Å². The number of hydrogen-bond donors (Lipinski definition) is 1. The van der Waals surface area contributed by atoms with Crippen molar-refractivity contribution in [1.29, 1.82) is 0 Å². The predicted molar refractivity (Wildman–Crippen MR) is 80.3 cm³/mol. The summed E-state index contributed by atoms with van der Waals surface area (Å²) in [5, 5.41) is 9.41. The lowest BCUT2D eigenvalue weighted by molar-refractivity contribution is 0.194. The lowest BCUT2D eigenvalue weighted by atomic mass is 10.1. The minimum atomic E-state index is -0.501. The first-order chi connectivity index (χ1) is 9.04. The van der Waals surface area contributed by atoms with E-state index in [9.17, 15) is 5.11 Å². The molecule has 3 heteroatoms. The molecule has 1 unspecified atom stereocenters. The van der Waals surface area contributed by atoms with Gasteiger partial charge < -0.3 is 5.11 Å². The summed E-state index contributed by atoms with van der Waals surface area (Å²) in [6, 6.07) is 10.5. The molecule has 1 aromatic carbocycles. The van der Waals surface area contributed by atoms with Gasteiger partial charge in [0.2, 0.25) is 0 Å². The van der Waals surface area contributed by atoms with Crippen LogP contribution in [0.25, 0.3) is 0 Å². The Labute approximate surface area is 118 Å². The summed E-state index contributed by atoms with van der Waals surface area (Å²) in [7, 11) is 0. The minimum Gasteiger partial charge on any atom is -0.387 e. The molecule has 1 heterocycles. The molecule has 19 heavy (non-hydrogen) atoms. The van der Waals surface area contributed by atoms with Crippen molar-refractivity contribution < 1.29 is 5.11 Å². The van der Waals surface area contributed by atoms with Gasteiger partial charge in [0.15, 0.2) is 0 Å². The monoisotopic (exact) mass is 273 g/mol. The number of aliphatic hydroxyl groups excluding tert-OH is 1. The molecule has 0 aliphatic rings. The van der Waals surface area contributed by atoms with Crippen LogP contribution >= 0.6 is 11.8 Å². The van der Waals surface area contributed by atoms with Crippen LogP contribution in [-0.2, 0) is 5.75 Å². The smallest absolute Gasteiger partial charge is 0.0931 e. The number of benzene rings is 1. The summed E-state index contributed by atoms with van der Waals surface area (Å²) in [5.74, 6) is 0.943. The Morgan fingerprint density at radius 2 is 1.84 bits per heavy atom. The number of aryl methyl sites for hydroxylation is 2. The number of thioether (sulfide) groups is 1. The number of hydrogen-bond acceptors (Lipinski definition) is 3. The van der Waals surface area contributed by atoms with Crippen molar-refractivity contribution in [3.8, 4) is 0 Å². The topological polar surface area (TPSA) is 33.1 Å². The number of rotatable bonds is 4. The van der Waals surface area contributed by atoms with Gasteiger partial charge in [-0.05, 0) is 38.5 Å². The van der Waals surface area contributed by atoms with Gasteiger partial charge in [-0.3, -0.25) is 4.98 Å². The first-order valence-corrected chi connectivity index (χ1v) is 7.37. The Bertz CT molecular complexity index is 529. The summed E-state index contributed by atoms with van der Waals surface area (Å²) in [6.45, 7) is 5.98. The third kappa shape index (κ3) is 4.08. The van der Waals surface area contributed by atoms with E-state index in [0.29, 0.717) is 0 Å². The van der Waals surface area contributed by atoms with Crippen molar-refractivity contribution in [2.24, 2.45) is 0 Å². The van der Waals surface area contributed by atoms with Crippen molar-refractivity contribution in [3.05, 3.63) is 58.9 Å². The average molecular weight is 273 g/mol. The molecule has 0 spiro atoms. The maximum absolute atomic E-state index is 9.41. The van der Waals surface area contributed by atoms with Gasteiger partial charge in [-0.1, -0.05) is 29.3 Å². The fraction of sp³-hybridized carbons (Fsp3) is 0.312. The Morgan fingerprint density at radius 3 is 2.37 bits per heavy atom. The molecule has 0 radical (unpaired) electrons. The molecular formula is C16H19NOS. The third-order valence-corrected chi connectivity index (χ3v) is 3.93. The standard InChI is InChI=1S/C16H19NOS/c1-11-6-12(2)8-14(7-11)10-19-15-4-5-16(13(3)18)17-9-15/h4-9,13,18H,10H2,1-3H3. The van der Waals surface area contributed by atoms with Crippen molar-refractivity contribution in [2.45, 2.75) is 37.5 Å². The van der Waals surface area contributed by atoms with Gasteiger partial charge in [-0.15, -0.1) is 11.8 Å². The number of nitrogens with zero attached hydrogens (tertiary/aromatic N) is 1. The van der Waals surface area contributed by atoms with Gasteiger partial charge in [-0.2, -0.15) is 0 Å². The van der Waals surface area contributed by atoms with E-state index >= 15 is 0 Å². The second-order valence-electron chi connectivity index (χ2n) is 4.88. The quantitative estimate of drug-likeness (QED) is 0.853. The van der Waals surface area contributed by atoms with Gasteiger partial charge in [0.1, 0.15) is 0 Å². The Kier molecular flexibility index (Phi) is 4.61. The molecule has 0 saturated carbocycles. The van der Waals surface area contributed by atoms with Gasteiger partial charge in [0, 0.05) is 16.8 Å². The van der Waals surface area contributed by atoms with Crippen LogP contribution in [0.4, 0.5) is 0 Å². The molecule has 0 fully saturated rings. The van der Waals surface area contributed by atoms with E-state index in [2.05, 4.69) is 37.0 Å². The van der Waals surface area contributed by atoms with Crippen molar-refractivity contribution in [2.75, 3.05) is 0 Å². The van der Waals surface area contributed by atoms with E-state index in [0.717, 1.165) is 16.3 Å². The van der Waals surface area contributed by atoms with Gasteiger partial charge in [0.05, 0.1) is 11.8 Å². The summed E-state index contributed by atoms with van der Waals surface area (Å²) >= 11 is 1.77. The highest BCUT2D eigenvalue weighted by Crippen LogP contribution is 2.24. The molecule has 2 nitrogen and oxygen atoms in total. The summed E-state index contributed by atoms with van der Waals surface area (Å²) in [5.41, 5.74) is 4.66. The molecule has 0 aliphatic carbocycles. The van der Waals surface area contributed by atoms with Gasteiger partial charge in [-0.25, -0.2) is 0 Å². The number of aromatic nitrogens is 1. The summed E-state index contributed by atoms with van der Waals surface area (Å²) < 4.78 is 0. The fourth-order valence-electron chi connectivity index (χ4n) is 2.04. The highest BCUT2D eigenvalue weighted by atomic mass is 32.2. The highest BCUT2D eigenvalue weighted by molar-refractivity contribution is 7.98. The molecule has 1 N–H and O–H groups in total. The summed E-state index contributed by atoms with van der Waals surface area (Å²) in [4.78, 5) is 5.38. The Morgan fingerprint density at radius 1 is 1.16 bits per heavy atom. The van der Waals surface area contributed by atoms with Crippen molar-refractivity contribution in [3.63, 3.8) is 0 Å². The molecule has 0 aliphatic heterocycles. The third-order valence-electron chi connectivity index (χ3n) is 2.87. The zero-order valence-electron chi connectivity index (χ0n) is 11.6. The molecule has 2 rings (SSSR count). The van der Waals surface area contributed by atoms with Crippen molar-refractivity contribution >= 4 is 11.8 Å². The average Bonchev–Trinajstić information content (AvgIpc) is 2.36. The first-order valence-electron chi connectivity index (χ1n) is 6.38. The molecule has 100 valence electrons.